The number of hydrogen-bond donors (Lipinski definition) is 1. The number of guanidine groups is 1. The van der Waals surface area contributed by atoms with Gasteiger partial charge in [0.1, 0.15) is 5.75 Å². The first-order valence-electron chi connectivity index (χ1n) is 10.5. The second kappa shape index (κ2) is 9.48. The maximum absolute atomic E-state index is 5.37. The molecule has 1 N–H and O–H groups in total. The van der Waals surface area contributed by atoms with Crippen LogP contribution < -0.4 is 15.0 Å². The molecule has 0 spiro atoms. The number of methoxy groups -OCH3 is 1. The van der Waals surface area contributed by atoms with E-state index in [0.717, 1.165) is 50.1 Å². The van der Waals surface area contributed by atoms with Gasteiger partial charge in [0.15, 0.2) is 5.96 Å². The van der Waals surface area contributed by atoms with E-state index in [-0.39, 0.29) is 0 Å². The van der Waals surface area contributed by atoms with Crippen LogP contribution in [-0.4, -0.2) is 55.7 Å². The summed E-state index contributed by atoms with van der Waals surface area (Å²) in [7, 11) is 1.71. The number of nitrogens with zero attached hydrogens (tertiary/aromatic N) is 4. The normalized spacial score (nSPS) is 14.8. The summed E-state index contributed by atoms with van der Waals surface area (Å²) in [6.07, 6.45) is 1.87. The molecule has 2 aromatic carbocycles. The Labute approximate surface area is 178 Å². The Balaban J connectivity index is 1.45. The van der Waals surface area contributed by atoms with Gasteiger partial charge in [-0.05, 0) is 30.5 Å². The molecule has 156 valence electrons. The largest absolute Gasteiger partial charge is 0.497 e. The van der Waals surface area contributed by atoms with E-state index in [4.69, 9.17) is 9.73 Å². The second-order valence-corrected chi connectivity index (χ2v) is 7.32. The lowest BCUT2D eigenvalue weighted by atomic mass is 10.1. The molecule has 1 saturated heterocycles. The van der Waals surface area contributed by atoms with Gasteiger partial charge in [-0.15, -0.1) is 0 Å². The Hall–Kier alpha value is -3.28. The van der Waals surface area contributed by atoms with Crippen LogP contribution in [0, 0.1) is 0 Å². The number of hydrogen-bond acceptors (Lipinski definition) is 4. The van der Waals surface area contributed by atoms with Crippen LogP contribution in [0.3, 0.4) is 0 Å². The van der Waals surface area contributed by atoms with E-state index < -0.39 is 0 Å². The van der Waals surface area contributed by atoms with Gasteiger partial charge < -0.3 is 19.9 Å². The molecule has 2 heterocycles. The number of pyridine rings is 1. The van der Waals surface area contributed by atoms with Crippen molar-refractivity contribution in [3.05, 3.63) is 66.5 Å². The fourth-order valence-electron chi connectivity index (χ4n) is 3.87. The van der Waals surface area contributed by atoms with E-state index in [1.165, 1.54) is 16.5 Å². The van der Waals surface area contributed by atoms with E-state index >= 15 is 0 Å². The first-order valence-corrected chi connectivity index (χ1v) is 10.5. The Morgan fingerprint density at radius 1 is 1.07 bits per heavy atom. The number of anilines is 1. The second-order valence-electron chi connectivity index (χ2n) is 7.32. The molecule has 0 amide bonds. The van der Waals surface area contributed by atoms with Gasteiger partial charge in [0, 0.05) is 56.1 Å². The fourth-order valence-corrected chi connectivity index (χ4v) is 3.87. The van der Waals surface area contributed by atoms with Crippen LogP contribution in [0.4, 0.5) is 5.69 Å². The molecular weight excluding hydrogens is 374 g/mol. The van der Waals surface area contributed by atoms with Crippen LogP contribution in [0.2, 0.25) is 0 Å². The SMILES string of the molecule is CCNC(=NCc1nccc2ccccc12)N1CCN(c2cccc(OC)c2)CC1. The van der Waals surface area contributed by atoms with Crippen LogP contribution in [0.5, 0.6) is 5.75 Å². The van der Waals surface area contributed by atoms with E-state index in [9.17, 15) is 0 Å². The lowest BCUT2D eigenvalue weighted by Gasteiger charge is -2.37. The summed E-state index contributed by atoms with van der Waals surface area (Å²) in [4.78, 5) is 14.2. The third-order valence-electron chi connectivity index (χ3n) is 5.47. The monoisotopic (exact) mass is 403 g/mol. The van der Waals surface area contributed by atoms with E-state index in [1.807, 2.05) is 24.4 Å². The highest BCUT2D eigenvalue weighted by molar-refractivity contribution is 5.85. The van der Waals surface area contributed by atoms with Gasteiger partial charge in [-0.1, -0.05) is 30.3 Å². The maximum Gasteiger partial charge on any atom is 0.194 e. The van der Waals surface area contributed by atoms with Crippen molar-refractivity contribution in [1.82, 2.24) is 15.2 Å². The lowest BCUT2D eigenvalue weighted by Crippen LogP contribution is -2.52. The van der Waals surface area contributed by atoms with Crippen molar-refractivity contribution in [2.24, 2.45) is 4.99 Å². The number of aliphatic imine (C=N–C) groups is 1. The number of nitrogens with one attached hydrogen (secondary N) is 1. The molecule has 0 unspecified atom stereocenters. The molecule has 1 fully saturated rings. The molecular formula is C24H29N5O. The summed E-state index contributed by atoms with van der Waals surface area (Å²) >= 11 is 0. The number of fused-ring (bicyclic) bond motifs is 1. The average Bonchev–Trinajstić information content (AvgIpc) is 2.82. The number of aromatic nitrogens is 1. The molecule has 0 bridgehead atoms. The average molecular weight is 404 g/mol. The summed E-state index contributed by atoms with van der Waals surface area (Å²) in [5.41, 5.74) is 2.22. The Morgan fingerprint density at radius 2 is 1.90 bits per heavy atom. The zero-order valence-electron chi connectivity index (χ0n) is 17.7. The van der Waals surface area contributed by atoms with Crippen LogP contribution in [0.25, 0.3) is 10.8 Å². The summed E-state index contributed by atoms with van der Waals surface area (Å²) in [6.45, 7) is 7.27. The zero-order chi connectivity index (χ0) is 20.8. The minimum atomic E-state index is 0.569. The lowest BCUT2D eigenvalue weighted by molar-refractivity contribution is 0.372. The third-order valence-corrected chi connectivity index (χ3v) is 5.47. The quantitative estimate of drug-likeness (QED) is 0.522. The van der Waals surface area contributed by atoms with Crippen molar-refractivity contribution in [2.45, 2.75) is 13.5 Å². The van der Waals surface area contributed by atoms with Crippen LogP contribution >= 0.6 is 0 Å². The minimum Gasteiger partial charge on any atom is -0.497 e. The molecule has 6 nitrogen and oxygen atoms in total. The van der Waals surface area contributed by atoms with Crippen molar-refractivity contribution < 1.29 is 4.74 Å². The molecule has 1 aromatic heterocycles. The molecule has 0 aliphatic carbocycles. The first kappa shape index (κ1) is 20.0. The molecule has 30 heavy (non-hydrogen) atoms. The fraction of sp³-hybridized carbons (Fsp3) is 0.333. The maximum atomic E-state index is 5.37. The standard InChI is InChI=1S/C24H29N5O/c1-3-25-24(27-18-23-22-10-5-4-7-19(22)11-12-26-23)29-15-13-28(14-16-29)20-8-6-9-21(17-20)30-2/h4-12,17H,3,13-16,18H2,1-2H3,(H,25,27). The molecule has 0 saturated carbocycles. The molecule has 4 rings (SSSR count). The Bertz CT molecular complexity index is 1010. The van der Waals surface area contributed by atoms with Crippen molar-refractivity contribution >= 4 is 22.4 Å². The van der Waals surface area contributed by atoms with E-state index in [1.54, 1.807) is 7.11 Å². The summed E-state index contributed by atoms with van der Waals surface area (Å²) in [5, 5.41) is 5.83. The highest BCUT2D eigenvalue weighted by Gasteiger charge is 2.20. The minimum absolute atomic E-state index is 0.569. The highest BCUT2D eigenvalue weighted by Crippen LogP contribution is 2.22. The number of rotatable bonds is 5. The molecule has 0 radical (unpaired) electrons. The summed E-state index contributed by atoms with van der Waals surface area (Å²) in [6, 6.07) is 18.7. The summed E-state index contributed by atoms with van der Waals surface area (Å²) in [5.74, 6) is 1.85. The van der Waals surface area contributed by atoms with Crippen molar-refractivity contribution in [2.75, 3.05) is 44.7 Å². The van der Waals surface area contributed by atoms with Gasteiger partial charge in [-0.25, -0.2) is 4.99 Å². The van der Waals surface area contributed by atoms with E-state index in [0.29, 0.717) is 6.54 Å². The van der Waals surface area contributed by atoms with Gasteiger partial charge in [0.05, 0.1) is 19.3 Å². The van der Waals surface area contributed by atoms with Crippen molar-refractivity contribution in [3.8, 4) is 5.75 Å². The van der Waals surface area contributed by atoms with Crippen molar-refractivity contribution in [1.29, 1.82) is 0 Å². The Morgan fingerprint density at radius 3 is 2.70 bits per heavy atom. The smallest absolute Gasteiger partial charge is 0.194 e. The van der Waals surface area contributed by atoms with Gasteiger partial charge >= 0.3 is 0 Å². The third kappa shape index (κ3) is 4.48. The molecule has 0 atom stereocenters. The van der Waals surface area contributed by atoms with E-state index in [2.05, 4.69) is 63.4 Å². The van der Waals surface area contributed by atoms with Crippen LogP contribution in [0.1, 0.15) is 12.6 Å². The molecule has 6 heteroatoms. The van der Waals surface area contributed by atoms with Gasteiger partial charge in [0.25, 0.3) is 0 Å². The van der Waals surface area contributed by atoms with Crippen LogP contribution in [0.15, 0.2) is 65.8 Å². The number of benzene rings is 2. The first-order chi connectivity index (χ1) is 14.8. The Kier molecular flexibility index (Phi) is 6.32. The van der Waals surface area contributed by atoms with Crippen molar-refractivity contribution in [3.63, 3.8) is 0 Å². The number of piperazine rings is 1. The van der Waals surface area contributed by atoms with Gasteiger partial charge in [-0.3, -0.25) is 4.98 Å². The topological polar surface area (TPSA) is 53.0 Å². The van der Waals surface area contributed by atoms with Crippen LogP contribution in [-0.2, 0) is 6.54 Å². The predicted molar refractivity (Wildman–Crippen MR) is 123 cm³/mol. The van der Waals surface area contributed by atoms with Gasteiger partial charge in [-0.2, -0.15) is 0 Å². The molecule has 1 aliphatic rings. The number of ether oxygens (including phenoxy) is 1. The zero-order valence-corrected chi connectivity index (χ0v) is 17.7. The summed E-state index contributed by atoms with van der Waals surface area (Å²) < 4.78 is 5.37. The van der Waals surface area contributed by atoms with Gasteiger partial charge in [0.2, 0.25) is 0 Å². The predicted octanol–water partition coefficient (Wildman–Crippen LogP) is 3.53. The highest BCUT2D eigenvalue weighted by atomic mass is 16.5. The molecule has 3 aromatic rings. The molecule has 1 aliphatic heterocycles.